The molecule has 0 bridgehead atoms. The lowest BCUT2D eigenvalue weighted by molar-refractivity contribution is -0.315. The topological polar surface area (TPSA) is 18.5 Å². The lowest BCUT2D eigenvalue weighted by Gasteiger charge is -2.33. The first-order valence-corrected chi connectivity index (χ1v) is 6.58. The molecule has 0 N–H and O–H groups in total. The molecule has 0 aromatic carbocycles. The first-order chi connectivity index (χ1) is 11.3. The van der Waals surface area contributed by atoms with Gasteiger partial charge in [0.05, 0.1) is 6.10 Å². The third-order valence-corrected chi connectivity index (χ3v) is 2.88. The third kappa shape index (κ3) is 7.11. The Morgan fingerprint density at radius 3 is 1.46 bits per heavy atom. The van der Waals surface area contributed by atoms with E-state index >= 15 is 0 Å². The predicted molar refractivity (Wildman–Crippen MR) is 61.8 cm³/mol. The van der Waals surface area contributed by atoms with Crippen LogP contribution in [0.1, 0.15) is 13.8 Å². The number of hydrogen-bond acceptors (Lipinski definition) is 2. The molecule has 0 aliphatic rings. The van der Waals surface area contributed by atoms with Gasteiger partial charge in [-0.15, -0.1) is 0 Å². The van der Waals surface area contributed by atoms with Crippen molar-refractivity contribution < 1.29 is 62.2 Å². The van der Waals surface area contributed by atoms with Crippen molar-refractivity contribution >= 4 is 0 Å². The molecular formula is C12H12F12O2. The molecule has 2 atom stereocenters. The van der Waals surface area contributed by atoms with Crippen molar-refractivity contribution in [1.82, 2.24) is 0 Å². The van der Waals surface area contributed by atoms with Crippen LogP contribution >= 0.6 is 0 Å². The summed E-state index contributed by atoms with van der Waals surface area (Å²) >= 11 is 0. The number of halogens is 12. The highest BCUT2D eigenvalue weighted by Crippen LogP contribution is 2.45. The van der Waals surface area contributed by atoms with Crippen LogP contribution in [0.2, 0.25) is 0 Å². The van der Waals surface area contributed by atoms with Gasteiger partial charge in [-0.1, -0.05) is 0 Å². The summed E-state index contributed by atoms with van der Waals surface area (Å²) in [5.41, 5.74) is -3.40. The van der Waals surface area contributed by atoms with E-state index in [1.807, 2.05) is 0 Å². The number of allylic oxidation sites excluding steroid dienone is 1. The number of alkyl halides is 12. The molecule has 156 valence electrons. The summed E-state index contributed by atoms with van der Waals surface area (Å²) in [6.45, 7) is 1.25. The monoisotopic (exact) mass is 416 g/mol. The minimum absolute atomic E-state index is 0.474. The van der Waals surface area contributed by atoms with E-state index in [0.717, 1.165) is 6.92 Å². The molecule has 0 aliphatic carbocycles. The highest BCUT2D eigenvalue weighted by molar-refractivity contribution is 5.13. The molecule has 0 saturated heterocycles. The first-order valence-electron chi connectivity index (χ1n) is 6.58. The van der Waals surface area contributed by atoms with E-state index in [-0.39, 0.29) is 0 Å². The van der Waals surface area contributed by atoms with Crippen LogP contribution in [0.5, 0.6) is 0 Å². The Hall–Kier alpha value is -1.34. The Kier molecular flexibility index (Phi) is 7.71. The molecule has 14 heteroatoms. The second kappa shape index (κ2) is 8.13. The Bertz CT molecular complexity index is 441. The molecule has 0 amide bonds. The van der Waals surface area contributed by atoms with Crippen molar-refractivity contribution in [3.05, 3.63) is 11.8 Å². The van der Waals surface area contributed by atoms with Gasteiger partial charge in [0.15, 0.2) is 11.5 Å². The van der Waals surface area contributed by atoms with Crippen molar-refractivity contribution in [3.63, 3.8) is 0 Å². The van der Waals surface area contributed by atoms with Gasteiger partial charge in [0.1, 0.15) is 12.4 Å². The fraction of sp³-hybridized carbons (Fsp3) is 0.833. The zero-order chi connectivity index (χ0) is 21.1. The maximum Gasteiger partial charge on any atom is 0.424 e. The summed E-state index contributed by atoms with van der Waals surface area (Å²) < 4.78 is 159. The maximum atomic E-state index is 12.7. The molecule has 2 nitrogen and oxygen atoms in total. The van der Waals surface area contributed by atoms with Crippen LogP contribution < -0.4 is 0 Å². The molecule has 0 radical (unpaired) electrons. The molecule has 26 heavy (non-hydrogen) atoms. The van der Waals surface area contributed by atoms with Gasteiger partial charge in [-0.3, -0.25) is 0 Å². The second-order valence-electron chi connectivity index (χ2n) is 4.85. The van der Waals surface area contributed by atoms with Crippen molar-refractivity contribution in [3.8, 4) is 0 Å². The van der Waals surface area contributed by atoms with Crippen LogP contribution in [-0.2, 0) is 9.47 Å². The van der Waals surface area contributed by atoms with Gasteiger partial charge >= 0.3 is 24.7 Å². The van der Waals surface area contributed by atoms with Crippen LogP contribution in [0.4, 0.5) is 52.7 Å². The van der Waals surface area contributed by atoms with Gasteiger partial charge in [0.25, 0.3) is 0 Å². The van der Waals surface area contributed by atoms with Crippen LogP contribution in [-0.4, -0.2) is 43.5 Å². The average Bonchev–Trinajstić information content (AvgIpc) is 2.30. The number of hydrogen-bond donors (Lipinski definition) is 0. The van der Waals surface area contributed by atoms with Gasteiger partial charge in [-0.25, -0.2) is 0 Å². The standard InChI is InChI=1S/C12H12F12O2/c1-3-25-5(2)7(8(11(19,20)21)12(22,23)24)26-4-6(9(13,14)15)10(16,17)18/h4-5,7-8H,3H2,1-2H3. The van der Waals surface area contributed by atoms with E-state index < -0.39 is 61.3 Å². The summed E-state index contributed by atoms with van der Waals surface area (Å²) in [7, 11) is 0. The van der Waals surface area contributed by atoms with Crippen molar-refractivity contribution in [1.29, 1.82) is 0 Å². The summed E-state index contributed by atoms with van der Waals surface area (Å²) in [5, 5.41) is 0. The molecule has 0 aromatic heterocycles. The van der Waals surface area contributed by atoms with Gasteiger partial charge < -0.3 is 9.47 Å². The molecule has 0 heterocycles. The van der Waals surface area contributed by atoms with Crippen LogP contribution in [0.15, 0.2) is 11.8 Å². The summed E-state index contributed by atoms with van der Waals surface area (Å²) in [6.07, 6.45) is -31.0. The van der Waals surface area contributed by atoms with Crippen molar-refractivity contribution in [2.75, 3.05) is 6.61 Å². The Labute approximate surface area is 138 Å². The fourth-order valence-electron chi connectivity index (χ4n) is 1.82. The highest BCUT2D eigenvalue weighted by Gasteiger charge is 2.63. The van der Waals surface area contributed by atoms with Crippen molar-refractivity contribution in [2.24, 2.45) is 5.92 Å². The quantitative estimate of drug-likeness (QED) is 0.418. The largest absolute Gasteiger partial charge is 0.494 e. The molecule has 0 fully saturated rings. The fourth-order valence-corrected chi connectivity index (χ4v) is 1.82. The third-order valence-electron chi connectivity index (χ3n) is 2.88. The maximum absolute atomic E-state index is 12.7. The second-order valence-corrected chi connectivity index (χ2v) is 4.85. The highest BCUT2D eigenvalue weighted by atomic mass is 19.4. The molecule has 0 spiro atoms. The molecule has 0 rings (SSSR count). The van der Waals surface area contributed by atoms with E-state index in [9.17, 15) is 52.7 Å². The van der Waals surface area contributed by atoms with Crippen LogP contribution in [0.25, 0.3) is 0 Å². The molecule has 0 aliphatic heterocycles. The minimum atomic E-state index is -6.12. The van der Waals surface area contributed by atoms with E-state index in [1.165, 1.54) is 0 Å². The summed E-state index contributed by atoms with van der Waals surface area (Å²) in [4.78, 5) is 0. The lowest BCUT2D eigenvalue weighted by atomic mass is 9.96. The van der Waals surface area contributed by atoms with E-state index in [1.54, 1.807) is 0 Å². The number of ether oxygens (including phenoxy) is 2. The first kappa shape index (κ1) is 24.7. The van der Waals surface area contributed by atoms with E-state index in [2.05, 4.69) is 9.47 Å². The van der Waals surface area contributed by atoms with Gasteiger partial charge in [-0.2, -0.15) is 52.7 Å². The Balaban J connectivity index is 6.10. The van der Waals surface area contributed by atoms with Gasteiger partial charge in [0.2, 0.25) is 0 Å². The van der Waals surface area contributed by atoms with Crippen LogP contribution in [0, 0.1) is 5.92 Å². The van der Waals surface area contributed by atoms with Crippen molar-refractivity contribution in [2.45, 2.75) is 50.8 Å². The predicted octanol–water partition coefficient (Wildman–Crippen LogP) is 5.55. The van der Waals surface area contributed by atoms with Gasteiger partial charge in [-0.05, 0) is 13.8 Å². The smallest absolute Gasteiger partial charge is 0.424 e. The summed E-state index contributed by atoms with van der Waals surface area (Å²) in [5.74, 6) is -4.38. The van der Waals surface area contributed by atoms with Crippen LogP contribution in [0.3, 0.4) is 0 Å². The molecule has 0 saturated carbocycles. The minimum Gasteiger partial charge on any atom is -0.494 e. The van der Waals surface area contributed by atoms with E-state index in [0.29, 0.717) is 6.92 Å². The lowest BCUT2D eigenvalue weighted by Crippen LogP contribution is -2.50. The normalized spacial score (nSPS) is 16.4. The Morgan fingerprint density at radius 1 is 0.808 bits per heavy atom. The molecule has 0 aromatic rings. The zero-order valence-corrected chi connectivity index (χ0v) is 12.9. The molecule has 2 unspecified atom stereocenters. The van der Waals surface area contributed by atoms with E-state index in [4.69, 9.17) is 0 Å². The Morgan fingerprint density at radius 2 is 1.19 bits per heavy atom. The molecular weight excluding hydrogens is 404 g/mol. The average molecular weight is 416 g/mol. The summed E-state index contributed by atoms with van der Waals surface area (Å²) in [6, 6.07) is 0. The SMILES string of the molecule is CCOC(C)C(OC=C(C(F)(F)F)C(F)(F)F)C(C(F)(F)F)C(F)(F)F. The van der Waals surface area contributed by atoms with Gasteiger partial charge in [0, 0.05) is 6.61 Å². The number of rotatable bonds is 6. The zero-order valence-electron chi connectivity index (χ0n) is 12.9.